The highest BCUT2D eigenvalue weighted by atomic mass is 16.1. The third-order valence-corrected chi connectivity index (χ3v) is 3.95. The molecule has 1 aromatic rings. The van der Waals surface area contributed by atoms with E-state index in [1.54, 1.807) is 6.20 Å². The molecule has 0 bridgehead atoms. The number of allylic oxidation sites excluding steroid dienone is 2. The number of aromatic nitrogens is 1. The van der Waals surface area contributed by atoms with Gasteiger partial charge in [0.1, 0.15) is 0 Å². The van der Waals surface area contributed by atoms with Crippen molar-refractivity contribution >= 4 is 5.91 Å². The van der Waals surface area contributed by atoms with Crippen LogP contribution in [0.25, 0.3) is 0 Å². The molecule has 1 N–H and O–H groups in total. The number of carbonyl (C=O) groups excluding carboxylic acids is 1. The molecular formula is C17H24N2O. The number of amides is 1. The number of aryl methyl sites for hydroxylation is 1. The van der Waals surface area contributed by atoms with Crippen LogP contribution >= 0.6 is 0 Å². The van der Waals surface area contributed by atoms with E-state index in [2.05, 4.69) is 36.3 Å². The van der Waals surface area contributed by atoms with Crippen molar-refractivity contribution in [3.63, 3.8) is 0 Å². The lowest BCUT2D eigenvalue weighted by molar-refractivity contribution is -0.126. The van der Waals surface area contributed by atoms with Gasteiger partial charge in [-0.1, -0.05) is 32.1 Å². The van der Waals surface area contributed by atoms with E-state index in [4.69, 9.17) is 0 Å². The number of nitrogens with zero attached hydrogens (tertiary/aromatic N) is 1. The van der Waals surface area contributed by atoms with Crippen LogP contribution in [0.3, 0.4) is 0 Å². The third-order valence-electron chi connectivity index (χ3n) is 3.95. The Bertz CT molecular complexity index is 494. The monoisotopic (exact) mass is 272 g/mol. The summed E-state index contributed by atoms with van der Waals surface area (Å²) >= 11 is 0. The van der Waals surface area contributed by atoms with Crippen LogP contribution in [0.1, 0.15) is 50.4 Å². The van der Waals surface area contributed by atoms with Crippen molar-refractivity contribution in [2.75, 3.05) is 0 Å². The minimum absolute atomic E-state index is 0.00499. The van der Waals surface area contributed by atoms with E-state index in [0.717, 1.165) is 30.5 Å². The molecule has 1 aliphatic rings. The van der Waals surface area contributed by atoms with Crippen molar-refractivity contribution in [3.05, 3.63) is 41.7 Å². The Kier molecular flexibility index (Phi) is 4.94. The van der Waals surface area contributed by atoms with E-state index in [1.807, 2.05) is 19.1 Å². The van der Waals surface area contributed by atoms with Crippen LogP contribution < -0.4 is 5.32 Å². The van der Waals surface area contributed by atoms with Crippen LogP contribution in [0.15, 0.2) is 30.5 Å². The molecule has 2 rings (SSSR count). The van der Waals surface area contributed by atoms with Crippen LogP contribution in [0, 0.1) is 18.8 Å². The Balaban J connectivity index is 2.12. The topological polar surface area (TPSA) is 42.0 Å². The van der Waals surface area contributed by atoms with Gasteiger partial charge in [-0.25, -0.2) is 0 Å². The number of pyridine rings is 1. The van der Waals surface area contributed by atoms with E-state index in [0.29, 0.717) is 5.92 Å². The van der Waals surface area contributed by atoms with Crippen molar-refractivity contribution in [1.29, 1.82) is 0 Å². The molecule has 0 fully saturated rings. The molecule has 1 aromatic heterocycles. The Morgan fingerprint density at radius 2 is 2.20 bits per heavy atom. The van der Waals surface area contributed by atoms with E-state index >= 15 is 0 Å². The Labute approximate surface area is 121 Å². The van der Waals surface area contributed by atoms with Crippen molar-refractivity contribution in [1.82, 2.24) is 10.3 Å². The first-order valence-corrected chi connectivity index (χ1v) is 7.46. The summed E-state index contributed by atoms with van der Waals surface area (Å²) in [6.07, 6.45) is 8.89. The van der Waals surface area contributed by atoms with Crippen LogP contribution in [-0.2, 0) is 4.79 Å². The Morgan fingerprint density at radius 3 is 2.80 bits per heavy atom. The maximum atomic E-state index is 12.4. The molecule has 0 spiro atoms. The van der Waals surface area contributed by atoms with Crippen LogP contribution in [-0.4, -0.2) is 10.9 Å². The third kappa shape index (κ3) is 3.47. The summed E-state index contributed by atoms with van der Waals surface area (Å²) in [6, 6.07) is 3.98. The molecule has 108 valence electrons. The molecule has 3 nitrogen and oxygen atoms in total. The van der Waals surface area contributed by atoms with E-state index < -0.39 is 0 Å². The van der Waals surface area contributed by atoms with Crippen molar-refractivity contribution < 1.29 is 4.79 Å². The van der Waals surface area contributed by atoms with Gasteiger partial charge in [0.15, 0.2) is 0 Å². The van der Waals surface area contributed by atoms with Crippen molar-refractivity contribution in [2.24, 2.45) is 11.8 Å². The number of carbonyl (C=O) groups is 1. The normalized spacial score (nSPS) is 19.9. The van der Waals surface area contributed by atoms with Crippen molar-refractivity contribution in [3.8, 4) is 0 Å². The van der Waals surface area contributed by atoms with Gasteiger partial charge < -0.3 is 5.32 Å². The fourth-order valence-corrected chi connectivity index (χ4v) is 2.68. The average molecular weight is 272 g/mol. The Hall–Kier alpha value is -1.64. The second-order valence-electron chi connectivity index (χ2n) is 5.92. The summed E-state index contributed by atoms with van der Waals surface area (Å²) in [7, 11) is 0. The molecule has 0 radical (unpaired) electrons. The molecular weight excluding hydrogens is 248 g/mol. The molecule has 3 heteroatoms. The maximum Gasteiger partial charge on any atom is 0.223 e. The van der Waals surface area contributed by atoms with Crippen molar-refractivity contribution in [2.45, 2.75) is 46.1 Å². The first-order valence-electron chi connectivity index (χ1n) is 7.46. The smallest absolute Gasteiger partial charge is 0.223 e. The quantitative estimate of drug-likeness (QED) is 0.852. The number of nitrogens with one attached hydrogen (secondary N) is 1. The zero-order valence-corrected chi connectivity index (χ0v) is 12.6. The maximum absolute atomic E-state index is 12.4. The number of hydrogen-bond acceptors (Lipinski definition) is 2. The van der Waals surface area contributed by atoms with Crippen LogP contribution in [0.5, 0.6) is 0 Å². The molecule has 2 atom stereocenters. The van der Waals surface area contributed by atoms with Gasteiger partial charge in [0.05, 0.1) is 11.7 Å². The lowest BCUT2D eigenvalue weighted by Gasteiger charge is -2.26. The van der Waals surface area contributed by atoms with E-state index in [-0.39, 0.29) is 17.9 Å². The van der Waals surface area contributed by atoms with Crippen LogP contribution in [0.4, 0.5) is 0 Å². The summed E-state index contributed by atoms with van der Waals surface area (Å²) in [4.78, 5) is 16.9. The summed E-state index contributed by atoms with van der Waals surface area (Å²) in [5, 5.41) is 3.21. The minimum atomic E-state index is -0.00499. The first-order chi connectivity index (χ1) is 9.59. The molecule has 1 aliphatic carbocycles. The standard InChI is InChI=1S/C17H24N2O/c1-12(2)15(16-13(3)8-7-11-18-16)19-17(20)14-9-5-4-6-10-14/h4-5,7-8,11-12,14-15H,6,9-10H2,1-3H3,(H,19,20)/t14-,15+/m0/s1. The molecule has 20 heavy (non-hydrogen) atoms. The molecule has 1 amide bonds. The zero-order valence-electron chi connectivity index (χ0n) is 12.6. The number of rotatable bonds is 4. The highest BCUT2D eigenvalue weighted by molar-refractivity contribution is 5.79. The van der Waals surface area contributed by atoms with Gasteiger partial charge in [0, 0.05) is 12.1 Å². The number of hydrogen-bond donors (Lipinski definition) is 1. The largest absolute Gasteiger partial charge is 0.347 e. The van der Waals surface area contributed by atoms with E-state index in [9.17, 15) is 4.79 Å². The van der Waals surface area contributed by atoms with Gasteiger partial charge in [-0.2, -0.15) is 0 Å². The lowest BCUT2D eigenvalue weighted by atomic mass is 9.91. The van der Waals surface area contributed by atoms with Gasteiger partial charge in [-0.3, -0.25) is 9.78 Å². The SMILES string of the molecule is Cc1cccnc1[C@H](NC(=O)[C@H]1CC=CCC1)C(C)C. The fourth-order valence-electron chi connectivity index (χ4n) is 2.68. The molecule has 0 saturated carbocycles. The summed E-state index contributed by atoms with van der Waals surface area (Å²) in [5.74, 6) is 0.607. The predicted octanol–water partition coefficient (Wildman–Crippen LogP) is 3.56. The molecule has 0 aliphatic heterocycles. The van der Waals surface area contributed by atoms with E-state index in [1.165, 1.54) is 0 Å². The first kappa shape index (κ1) is 14.8. The molecule has 0 aromatic carbocycles. The van der Waals surface area contributed by atoms with Gasteiger partial charge in [-0.05, 0) is 43.7 Å². The molecule has 0 unspecified atom stereocenters. The predicted molar refractivity (Wildman–Crippen MR) is 81.2 cm³/mol. The van der Waals surface area contributed by atoms with Gasteiger partial charge in [-0.15, -0.1) is 0 Å². The average Bonchev–Trinajstić information content (AvgIpc) is 2.46. The van der Waals surface area contributed by atoms with Gasteiger partial charge >= 0.3 is 0 Å². The fraction of sp³-hybridized carbons (Fsp3) is 0.529. The highest BCUT2D eigenvalue weighted by Crippen LogP contribution is 2.25. The zero-order chi connectivity index (χ0) is 14.5. The lowest BCUT2D eigenvalue weighted by Crippen LogP contribution is -2.37. The van der Waals surface area contributed by atoms with Gasteiger partial charge in [0.25, 0.3) is 0 Å². The summed E-state index contributed by atoms with van der Waals surface area (Å²) in [6.45, 7) is 6.30. The van der Waals surface area contributed by atoms with Crippen LogP contribution in [0.2, 0.25) is 0 Å². The Morgan fingerprint density at radius 1 is 1.40 bits per heavy atom. The highest BCUT2D eigenvalue weighted by Gasteiger charge is 2.25. The molecule has 1 heterocycles. The second-order valence-corrected chi connectivity index (χ2v) is 5.92. The molecule has 0 saturated heterocycles. The summed E-state index contributed by atoms with van der Waals surface area (Å²) < 4.78 is 0. The summed E-state index contributed by atoms with van der Waals surface area (Å²) in [5.41, 5.74) is 2.12. The minimum Gasteiger partial charge on any atom is -0.347 e. The van der Waals surface area contributed by atoms with Gasteiger partial charge in [0.2, 0.25) is 5.91 Å². The second kappa shape index (κ2) is 6.69.